The highest BCUT2D eigenvalue weighted by Gasteiger charge is 2.25. The number of nitro groups is 1. The van der Waals surface area contributed by atoms with Crippen molar-refractivity contribution in [1.29, 1.82) is 0 Å². The van der Waals surface area contributed by atoms with Gasteiger partial charge in [0.15, 0.2) is 0 Å². The van der Waals surface area contributed by atoms with Gasteiger partial charge in [-0.15, -0.1) is 0 Å². The molecule has 0 saturated carbocycles. The highest BCUT2D eigenvalue weighted by Crippen LogP contribution is 2.31. The summed E-state index contributed by atoms with van der Waals surface area (Å²) < 4.78 is 0. The van der Waals surface area contributed by atoms with E-state index >= 15 is 0 Å². The van der Waals surface area contributed by atoms with Crippen LogP contribution in [0.1, 0.15) is 49.4 Å². The monoisotopic (exact) mass is 292 g/mol. The average molecular weight is 292 g/mol. The maximum Gasteiger partial charge on any atom is 0.338 e. The van der Waals surface area contributed by atoms with Gasteiger partial charge >= 0.3 is 5.97 Å². The Bertz CT molecular complexity index is 544. The van der Waals surface area contributed by atoms with Crippen molar-refractivity contribution in [3.8, 4) is 0 Å². The van der Waals surface area contributed by atoms with Crippen LogP contribution in [0.4, 0.5) is 11.4 Å². The Morgan fingerprint density at radius 2 is 2.19 bits per heavy atom. The minimum Gasteiger partial charge on any atom is -0.478 e. The van der Waals surface area contributed by atoms with Crippen LogP contribution in [-0.2, 0) is 0 Å². The number of carboxylic acids is 1. The molecule has 1 saturated heterocycles. The normalized spacial score (nSPS) is 19.1. The van der Waals surface area contributed by atoms with Gasteiger partial charge in [0.25, 0.3) is 5.69 Å². The third-order valence-corrected chi connectivity index (χ3v) is 4.08. The Morgan fingerprint density at radius 1 is 1.43 bits per heavy atom. The summed E-state index contributed by atoms with van der Waals surface area (Å²) in [7, 11) is 0. The fraction of sp³-hybridized carbons (Fsp3) is 0.533. The fourth-order valence-corrected chi connectivity index (χ4v) is 2.98. The van der Waals surface area contributed by atoms with Crippen molar-refractivity contribution in [3.63, 3.8) is 0 Å². The summed E-state index contributed by atoms with van der Waals surface area (Å²) in [6, 6.07) is 4.43. The maximum absolute atomic E-state index is 11.5. The van der Waals surface area contributed by atoms with Gasteiger partial charge in [-0.3, -0.25) is 10.1 Å². The molecule has 0 bridgehead atoms. The number of non-ortho nitro benzene ring substituents is 1. The minimum atomic E-state index is -1.12. The van der Waals surface area contributed by atoms with E-state index in [0.29, 0.717) is 11.7 Å². The van der Waals surface area contributed by atoms with Gasteiger partial charge in [-0.25, -0.2) is 4.79 Å². The minimum absolute atomic E-state index is 0.0181. The Kier molecular flexibility index (Phi) is 4.77. The molecule has 6 nitrogen and oxygen atoms in total. The molecule has 21 heavy (non-hydrogen) atoms. The number of aromatic carboxylic acids is 1. The molecule has 1 aromatic carbocycles. The molecular weight excluding hydrogens is 272 g/mol. The molecule has 1 N–H and O–H groups in total. The van der Waals surface area contributed by atoms with Crippen LogP contribution >= 0.6 is 0 Å². The van der Waals surface area contributed by atoms with Crippen molar-refractivity contribution < 1.29 is 14.8 Å². The molecule has 2 rings (SSSR count). The molecule has 1 atom stereocenters. The lowest BCUT2D eigenvalue weighted by Crippen LogP contribution is -2.35. The molecule has 0 aliphatic carbocycles. The Balaban J connectivity index is 2.45. The van der Waals surface area contributed by atoms with Crippen LogP contribution in [0.2, 0.25) is 0 Å². The van der Waals surface area contributed by atoms with E-state index in [9.17, 15) is 20.0 Å². The summed E-state index contributed by atoms with van der Waals surface area (Å²) in [5, 5.41) is 20.2. The van der Waals surface area contributed by atoms with Crippen LogP contribution in [0.15, 0.2) is 18.2 Å². The Hall–Kier alpha value is -2.11. The summed E-state index contributed by atoms with van der Waals surface area (Å²) in [5.74, 6) is -1.12. The number of benzene rings is 1. The molecule has 114 valence electrons. The number of carbonyl (C=O) groups is 1. The van der Waals surface area contributed by atoms with Gasteiger partial charge < -0.3 is 10.0 Å². The zero-order chi connectivity index (χ0) is 15.4. The van der Waals surface area contributed by atoms with Crippen LogP contribution in [-0.4, -0.2) is 28.6 Å². The van der Waals surface area contributed by atoms with E-state index in [1.807, 2.05) is 0 Å². The molecule has 6 heteroatoms. The fourth-order valence-electron chi connectivity index (χ4n) is 2.98. The molecule has 1 fully saturated rings. The molecule has 1 heterocycles. The largest absolute Gasteiger partial charge is 0.478 e. The van der Waals surface area contributed by atoms with Crippen molar-refractivity contribution >= 4 is 17.3 Å². The van der Waals surface area contributed by atoms with Gasteiger partial charge in [0.2, 0.25) is 0 Å². The number of anilines is 1. The summed E-state index contributed by atoms with van der Waals surface area (Å²) in [6.07, 6.45) is 5.28. The van der Waals surface area contributed by atoms with Crippen LogP contribution in [0.25, 0.3) is 0 Å². The summed E-state index contributed by atoms with van der Waals surface area (Å²) in [6.45, 7) is 2.89. The van der Waals surface area contributed by atoms with Gasteiger partial charge in [0.1, 0.15) is 0 Å². The first kappa shape index (κ1) is 15.3. The topological polar surface area (TPSA) is 83.7 Å². The zero-order valence-electron chi connectivity index (χ0n) is 12.1. The van der Waals surface area contributed by atoms with Crippen LogP contribution < -0.4 is 4.90 Å². The predicted molar refractivity (Wildman–Crippen MR) is 79.9 cm³/mol. The molecular formula is C15H20N2O4. The standard InChI is InChI=1S/C15H20N2O4/c1-2-11-6-4-3-5-9-16(11)14-8-7-12(17(20)21)10-13(14)15(18)19/h7-8,10-11H,2-6,9H2,1H3,(H,18,19). The first-order chi connectivity index (χ1) is 10.0. The van der Waals surface area contributed by atoms with Crippen LogP contribution in [0.3, 0.4) is 0 Å². The average Bonchev–Trinajstić information content (AvgIpc) is 2.71. The lowest BCUT2D eigenvalue weighted by atomic mass is 10.0. The molecule has 0 amide bonds. The molecule has 1 aromatic rings. The van der Waals surface area contributed by atoms with E-state index < -0.39 is 10.9 Å². The van der Waals surface area contributed by atoms with Gasteiger partial charge in [0.05, 0.1) is 16.2 Å². The van der Waals surface area contributed by atoms with E-state index in [0.717, 1.165) is 44.7 Å². The Labute approximate surface area is 123 Å². The highest BCUT2D eigenvalue weighted by molar-refractivity contribution is 5.95. The lowest BCUT2D eigenvalue weighted by Gasteiger charge is -2.32. The first-order valence-electron chi connectivity index (χ1n) is 7.33. The van der Waals surface area contributed by atoms with Crippen molar-refractivity contribution in [1.82, 2.24) is 0 Å². The van der Waals surface area contributed by atoms with Gasteiger partial charge in [-0.05, 0) is 25.3 Å². The Morgan fingerprint density at radius 3 is 2.81 bits per heavy atom. The van der Waals surface area contributed by atoms with E-state index in [2.05, 4.69) is 11.8 Å². The highest BCUT2D eigenvalue weighted by atomic mass is 16.6. The van der Waals surface area contributed by atoms with E-state index in [4.69, 9.17) is 0 Å². The number of hydrogen-bond donors (Lipinski definition) is 1. The summed E-state index contributed by atoms with van der Waals surface area (Å²) in [4.78, 5) is 23.9. The quantitative estimate of drug-likeness (QED) is 0.678. The van der Waals surface area contributed by atoms with Gasteiger partial charge in [-0.2, -0.15) is 0 Å². The number of nitro benzene ring substituents is 1. The SMILES string of the molecule is CCC1CCCCCN1c1ccc([N+](=O)[O-])cc1C(=O)O. The van der Waals surface area contributed by atoms with Crippen LogP contribution in [0, 0.1) is 10.1 Å². The molecule has 0 aromatic heterocycles. The number of rotatable bonds is 4. The zero-order valence-corrected chi connectivity index (χ0v) is 12.1. The van der Waals surface area contributed by atoms with E-state index in [1.54, 1.807) is 6.07 Å². The third kappa shape index (κ3) is 3.32. The van der Waals surface area contributed by atoms with E-state index in [-0.39, 0.29) is 11.3 Å². The molecule has 1 aliphatic rings. The molecule has 0 spiro atoms. The number of carboxylic acid groups (broad SMARTS) is 1. The second-order valence-corrected chi connectivity index (χ2v) is 5.37. The van der Waals surface area contributed by atoms with Crippen LogP contribution in [0.5, 0.6) is 0 Å². The van der Waals surface area contributed by atoms with Gasteiger partial charge in [0, 0.05) is 24.7 Å². The number of nitrogens with zero attached hydrogens (tertiary/aromatic N) is 2. The first-order valence-corrected chi connectivity index (χ1v) is 7.33. The molecule has 0 radical (unpaired) electrons. The second kappa shape index (κ2) is 6.56. The van der Waals surface area contributed by atoms with Crippen molar-refractivity contribution in [2.45, 2.75) is 45.1 Å². The van der Waals surface area contributed by atoms with E-state index in [1.165, 1.54) is 6.07 Å². The lowest BCUT2D eigenvalue weighted by molar-refractivity contribution is -0.384. The summed E-state index contributed by atoms with van der Waals surface area (Å²) in [5.41, 5.74) is 0.436. The summed E-state index contributed by atoms with van der Waals surface area (Å²) >= 11 is 0. The predicted octanol–water partition coefficient (Wildman–Crippen LogP) is 3.45. The maximum atomic E-state index is 11.5. The van der Waals surface area contributed by atoms with Gasteiger partial charge in [-0.1, -0.05) is 19.8 Å². The number of hydrogen-bond acceptors (Lipinski definition) is 4. The van der Waals surface area contributed by atoms with Crippen molar-refractivity contribution in [2.24, 2.45) is 0 Å². The molecule has 1 aliphatic heterocycles. The van der Waals surface area contributed by atoms with Crippen molar-refractivity contribution in [3.05, 3.63) is 33.9 Å². The molecule has 1 unspecified atom stereocenters. The third-order valence-electron chi connectivity index (χ3n) is 4.08. The second-order valence-electron chi connectivity index (χ2n) is 5.37. The van der Waals surface area contributed by atoms with Crippen molar-refractivity contribution in [2.75, 3.05) is 11.4 Å². The smallest absolute Gasteiger partial charge is 0.338 e.